The molecule has 6 nitrogen and oxygen atoms in total. The molecule has 0 aliphatic heterocycles. The minimum absolute atomic E-state index is 0.0923. The predicted octanol–water partition coefficient (Wildman–Crippen LogP) is 3.65. The molecule has 0 atom stereocenters. The Morgan fingerprint density at radius 2 is 1.14 bits per heavy atom. The highest BCUT2D eigenvalue weighted by molar-refractivity contribution is 5.44. The normalized spacial score (nSPS) is 16.6. The van der Waals surface area contributed by atoms with Gasteiger partial charge in [-0.2, -0.15) is 15.0 Å². The van der Waals surface area contributed by atoms with Crippen LogP contribution >= 0.6 is 0 Å². The Kier molecular flexibility index (Phi) is 4.78. The first-order chi connectivity index (χ1) is 10.1. The minimum Gasteiger partial charge on any atom is -0.351 e. The Bertz CT molecular complexity index is 460. The first-order valence-electron chi connectivity index (χ1n) is 8.20. The molecule has 1 fully saturated rings. The van der Waals surface area contributed by atoms with Gasteiger partial charge in [-0.1, -0.05) is 12.8 Å². The Hall–Kier alpha value is -1.59. The van der Waals surface area contributed by atoms with E-state index in [9.17, 15) is 0 Å². The summed E-state index contributed by atoms with van der Waals surface area (Å²) in [6.07, 6.45) is 4.94. The SMILES string of the molecule is CC(C)(C)Nc1nc(NC2CCCC2)nc(NC(C)(C)C)n1. The van der Waals surface area contributed by atoms with Gasteiger partial charge in [0, 0.05) is 17.1 Å². The molecule has 1 saturated carbocycles. The summed E-state index contributed by atoms with van der Waals surface area (Å²) in [5.74, 6) is 1.87. The highest BCUT2D eigenvalue weighted by atomic mass is 15.3. The van der Waals surface area contributed by atoms with E-state index in [1.165, 1.54) is 25.7 Å². The molecule has 22 heavy (non-hydrogen) atoms. The van der Waals surface area contributed by atoms with Gasteiger partial charge in [-0.3, -0.25) is 0 Å². The molecule has 0 amide bonds. The summed E-state index contributed by atoms with van der Waals surface area (Å²) in [5, 5.41) is 10.1. The van der Waals surface area contributed by atoms with E-state index < -0.39 is 0 Å². The van der Waals surface area contributed by atoms with Crippen molar-refractivity contribution in [3.05, 3.63) is 0 Å². The van der Waals surface area contributed by atoms with Gasteiger partial charge in [0.2, 0.25) is 17.8 Å². The van der Waals surface area contributed by atoms with Crippen LogP contribution in [0.25, 0.3) is 0 Å². The lowest BCUT2D eigenvalue weighted by molar-refractivity contribution is 0.615. The fraction of sp³-hybridized carbons (Fsp3) is 0.812. The molecule has 0 aromatic carbocycles. The summed E-state index contributed by atoms with van der Waals surface area (Å²) < 4.78 is 0. The Labute approximate surface area is 133 Å². The zero-order chi connectivity index (χ0) is 16.4. The van der Waals surface area contributed by atoms with E-state index >= 15 is 0 Å². The zero-order valence-electron chi connectivity index (χ0n) is 14.7. The number of nitrogens with one attached hydrogen (secondary N) is 3. The molecule has 0 radical (unpaired) electrons. The van der Waals surface area contributed by atoms with Crippen LogP contribution in [0.15, 0.2) is 0 Å². The highest BCUT2D eigenvalue weighted by Crippen LogP contribution is 2.22. The summed E-state index contributed by atoms with van der Waals surface area (Å²) in [6, 6.07) is 0.479. The monoisotopic (exact) mass is 306 g/mol. The summed E-state index contributed by atoms with van der Waals surface area (Å²) in [5.41, 5.74) is -0.185. The summed E-state index contributed by atoms with van der Waals surface area (Å²) in [6.45, 7) is 12.6. The van der Waals surface area contributed by atoms with Crippen LogP contribution in [0.1, 0.15) is 67.2 Å². The van der Waals surface area contributed by atoms with E-state index in [1.807, 2.05) is 0 Å². The largest absolute Gasteiger partial charge is 0.351 e. The standard InChI is InChI=1S/C16H30N6/c1-15(2,3)21-13-18-12(17-11-9-7-8-10-11)19-14(20-13)22-16(4,5)6/h11H,7-10H2,1-6H3,(H3,17,18,19,20,21,22). The van der Waals surface area contributed by atoms with Crippen molar-refractivity contribution in [2.45, 2.75) is 84.3 Å². The fourth-order valence-electron chi connectivity index (χ4n) is 2.48. The molecule has 1 heterocycles. The van der Waals surface area contributed by atoms with E-state index in [-0.39, 0.29) is 11.1 Å². The average molecular weight is 306 g/mol. The highest BCUT2D eigenvalue weighted by Gasteiger charge is 2.20. The van der Waals surface area contributed by atoms with Crippen LogP contribution in [0.3, 0.4) is 0 Å². The third kappa shape index (κ3) is 5.66. The van der Waals surface area contributed by atoms with Crippen LogP contribution in [0.5, 0.6) is 0 Å². The van der Waals surface area contributed by atoms with E-state index in [2.05, 4.69) is 72.4 Å². The molecule has 1 aromatic rings. The molecule has 6 heteroatoms. The molecular weight excluding hydrogens is 276 g/mol. The zero-order valence-corrected chi connectivity index (χ0v) is 14.7. The van der Waals surface area contributed by atoms with Gasteiger partial charge in [-0.25, -0.2) is 0 Å². The first-order valence-corrected chi connectivity index (χ1v) is 8.20. The van der Waals surface area contributed by atoms with Crippen LogP contribution in [-0.4, -0.2) is 32.1 Å². The van der Waals surface area contributed by atoms with Crippen molar-refractivity contribution in [3.63, 3.8) is 0 Å². The second kappa shape index (κ2) is 6.26. The van der Waals surface area contributed by atoms with Gasteiger partial charge < -0.3 is 16.0 Å². The van der Waals surface area contributed by atoms with Crippen molar-refractivity contribution in [3.8, 4) is 0 Å². The van der Waals surface area contributed by atoms with E-state index in [0.717, 1.165) is 0 Å². The van der Waals surface area contributed by atoms with E-state index in [1.54, 1.807) is 0 Å². The van der Waals surface area contributed by atoms with E-state index in [0.29, 0.717) is 23.9 Å². The van der Waals surface area contributed by atoms with Crippen molar-refractivity contribution in [2.75, 3.05) is 16.0 Å². The maximum atomic E-state index is 4.53. The number of aromatic nitrogens is 3. The van der Waals surface area contributed by atoms with Crippen molar-refractivity contribution in [2.24, 2.45) is 0 Å². The van der Waals surface area contributed by atoms with Gasteiger partial charge in [0.25, 0.3) is 0 Å². The second-order valence-electron chi connectivity index (χ2n) is 8.18. The van der Waals surface area contributed by atoms with Crippen molar-refractivity contribution < 1.29 is 0 Å². The van der Waals surface area contributed by atoms with Crippen LogP contribution < -0.4 is 16.0 Å². The van der Waals surface area contributed by atoms with Crippen LogP contribution in [0, 0.1) is 0 Å². The maximum absolute atomic E-state index is 4.53. The molecule has 1 aromatic heterocycles. The first kappa shape index (κ1) is 16.8. The number of anilines is 3. The van der Waals surface area contributed by atoms with Crippen LogP contribution in [0.4, 0.5) is 17.8 Å². The Balaban J connectivity index is 2.22. The van der Waals surface area contributed by atoms with Crippen molar-refractivity contribution >= 4 is 17.8 Å². The maximum Gasteiger partial charge on any atom is 0.229 e. The number of nitrogens with zero attached hydrogens (tertiary/aromatic N) is 3. The summed E-state index contributed by atoms with van der Waals surface area (Å²) in [7, 11) is 0. The summed E-state index contributed by atoms with van der Waals surface area (Å²) >= 11 is 0. The second-order valence-corrected chi connectivity index (χ2v) is 8.18. The van der Waals surface area contributed by atoms with Gasteiger partial charge in [0.15, 0.2) is 0 Å². The van der Waals surface area contributed by atoms with Crippen molar-refractivity contribution in [1.29, 1.82) is 0 Å². The molecule has 0 bridgehead atoms. The Morgan fingerprint density at radius 3 is 1.55 bits per heavy atom. The van der Waals surface area contributed by atoms with Gasteiger partial charge in [-0.15, -0.1) is 0 Å². The Morgan fingerprint density at radius 1 is 0.727 bits per heavy atom. The smallest absolute Gasteiger partial charge is 0.229 e. The molecule has 1 aliphatic rings. The van der Waals surface area contributed by atoms with Crippen LogP contribution in [0.2, 0.25) is 0 Å². The molecule has 124 valence electrons. The van der Waals surface area contributed by atoms with Crippen LogP contribution in [-0.2, 0) is 0 Å². The number of hydrogen-bond donors (Lipinski definition) is 3. The fourth-order valence-corrected chi connectivity index (χ4v) is 2.48. The molecule has 0 unspecified atom stereocenters. The molecule has 0 saturated heterocycles. The summed E-state index contributed by atoms with van der Waals surface area (Å²) in [4.78, 5) is 13.5. The van der Waals surface area contributed by atoms with Gasteiger partial charge in [0.1, 0.15) is 0 Å². The third-order valence-corrected chi connectivity index (χ3v) is 3.30. The average Bonchev–Trinajstić information content (AvgIpc) is 2.76. The van der Waals surface area contributed by atoms with Gasteiger partial charge >= 0.3 is 0 Å². The van der Waals surface area contributed by atoms with Gasteiger partial charge in [-0.05, 0) is 54.4 Å². The molecule has 0 spiro atoms. The minimum atomic E-state index is -0.0923. The van der Waals surface area contributed by atoms with E-state index in [4.69, 9.17) is 0 Å². The molecule has 3 N–H and O–H groups in total. The molecule has 2 rings (SSSR count). The topological polar surface area (TPSA) is 74.8 Å². The van der Waals surface area contributed by atoms with Gasteiger partial charge in [0.05, 0.1) is 0 Å². The predicted molar refractivity (Wildman–Crippen MR) is 92.5 cm³/mol. The number of rotatable bonds is 4. The third-order valence-electron chi connectivity index (χ3n) is 3.30. The number of hydrogen-bond acceptors (Lipinski definition) is 6. The molecular formula is C16H30N6. The molecule has 1 aliphatic carbocycles. The van der Waals surface area contributed by atoms with Crippen molar-refractivity contribution in [1.82, 2.24) is 15.0 Å². The lowest BCUT2D eigenvalue weighted by Gasteiger charge is -2.24. The quantitative estimate of drug-likeness (QED) is 0.788. The lowest BCUT2D eigenvalue weighted by Crippen LogP contribution is -2.30. The lowest BCUT2D eigenvalue weighted by atomic mass is 10.1.